The second kappa shape index (κ2) is 6.87. The average Bonchev–Trinajstić information content (AvgIpc) is 1.99. The van der Waals surface area contributed by atoms with Crippen LogP contribution in [0.3, 0.4) is 0 Å². The van der Waals surface area contributed by atoms with Gasteiger partial charge in [-0.15, -0.1) is 0 Å². The predicted octanol–water partition coefficient (Wildman–Crippen LogP) is 0.816. The highest BCUT2D eigenvalue weighted by molar-refractivity contribution is 7.51. The van der Waals surface area contributed by atoms with Gasteiger partial charge in [-0.05, 0) is 18.8 Å². The summed E-state index contributed by atoms with van der Waals surface area (Å²) in [6, 6.07) is 0. The maximum Gasteiger partial charge on any atom is 0.466 e. The zero-order valence-electron chi connectivity index (χ0n) is 8.77. The minimum atomic E-state index is -4.64. The van der Waals surface area contributed by atoms with Crippen LogP contribution in [0.4, 0.5) is 0 Å². The molecule has 1 saturated carbocycles. The molecule has 1 aliphatic carbocycles. The molecule has 7 nitrogen and oxygen atoms in total. The van der Waals surface area contributed by atoms with Crippen LogP contribution >= 0.6 is 15.4 Å². The van der Waals surface area contributed by atoms with E-state index in [1.54, 1.807) is 0 Å². The van der Waals surface area contributed by atoms with Gasteiger partial charge in [-0.3, -0.25) is 4.57 Å². The summed E-state index contributed by atoms with van der Waals surface area (Å²) in [5, 5.41) is 0. The molecule has 1 aliphatic rings. The van der Waals surface area contributed by atoms with Crippen molar-refractivity contribution in [2.45, 2.75) is 32.1 Å². The SMILES string of the molecule is O=P(O)(O)CC1CCCCC1.O=P(O)(O)O. The van der Waals surface area contributed by atoms with E-state index in [9.17, 15) is 4.57 Å². The van der Waals surface area contributed by atoms with Crippen molar-refractivity contribution in [3.63, 3.8) is 0 Å². The van der Waals surface area contributed by atoms with Gasteiger partial charge in [0.1, 0.15) is 0 Å². The third kappa shape index (κ3) is 14.3. The van der Waals surface area contributed by atoms with Crippen LogP contribution in [0.15, 0.2) is 0 Å². The Bertz CT molecular complexity index is 266. The van der Waals surface area contributed by atoms with Crippen LogP contribution in [0.2, 0.25) is 0 Å². The van der Waals surface area contributed by atoms with Crippen molar-refractivity contribution < 1.29 is 33.6 Å². The Morgan fingerprint density at radius 3 is 1.56 bits per heavy atom. The first-order chi connectivity index (χ1) is 7.08. The second-order valence-electron chi connectivity index (χ2n) is 3.86. The minimum Gasteiger partial charge on any atom is -0.324 e. The molecule has 5 N–H and O–H groups in total. The predicted molar refractivity (Wildman–Crippen MR) is 57.7 cm³/mol. The molecule has 0 amide bonds. The molecule has 0 bridgehead atoms. The third-order valence-corrected chi connectivity index (χ3v) is 3.21. The quantitative estimate of drug-likeness (QED) is 0.471. The van der Waals surface area contributed by atoms with Crippen molar-refractivity contribution in [2.75, 3.05) is 6.16 Å². The Labute approximate surface area is 93.9 Å². The molecule has 0 aromatic rings. The molecule has 0 aromatic heterocycles. The monoisotopic (exact) mass is 276 g/mol. The van der Waals surface area contributed by atoms with E-state index in [1.807, 2.05) is 0 Å². The minimum absolute atomic E-state index is 0.104. The van der Waals surface area contributed by atoms with Gasteiger partial charge >= 0.3 is 15.4 Å². The van der Waals surface area contributed by atoms with E-state index in [4.69, 9.17) is 29.0 Å². The van der Waals surface area contributed by atoms with E-state index in [1.165, 1.54) is 6.42 Å². The Morgan fingerprint density at radius 1 is 0.875 bits per heavy atom. The van der Waals surface area contributed by atoms with Crippen molar-refractivity contribution in [3.8, 4) is 0 Å². The Hall–Kier alpha value is 0.260. The van der Waals surface area contributed by atoms with Gasteiger partial charge in [0.05, 0.1) is 6.16 Å². The van der Waals surface area contributed by atoms with Gasteiger partial charge in [-0.1, -0.05) is 19.3 Å². The maximum absolute atomic E-state index is 10.6. The lowest BCUT2D eigenvalue weighted by molar-refractivity contribution is 0.275. The summed E-state index contributed by atoms with van der Waals surface area (Å²) in [6.45, 7) is 0. The average molecular weight is 276 g/mol. The van der Waals surface area contributed by atoms with E-state index in [0.717, 1.165) is 25.7 Å². The number of hydrogen-bond acceptors (Lipinski definition) is 2. The maximum atomic E-state index is 10.6. The molecule has 0 radical (unpaired) electrons. The largest absolute Gasteiger partial charge is 0.466 e. The lowest BCUT2D eigenvalue weighted by atomic mass is 9.91. The van der Waals surface area contributed by atoms with E-state index in [2.05, 4.69) is 0 Å². The fourth-order valence-electron chi connectivity index (χ4n) is 1.71. The van der Waals surface area contributed by atoms with Crippen LogP contribution in [-0.2, 0) is 9.13 Å². The molecule has 0 aliphatic heterocycles. The molecule has 98 valence electrons. The molecule has 1 rings (SSSR count). The van der Waals surface area contributed by atoms with Gasteiger partial charge in [0.2, 0.25) is 0 Å². The first-order valence-corrected chi connectivity index (χ1v) is 8.27. The van der Waals surface area contributed by atoms with Crippen molar-refractivity contribution in [1.82, 2.24) is 0 Å². The molecular formula is C7H18O7P2. The van der Waals surface area contributed by atoms with Crippen LogP contribution in [0, 0.1) is 5.92 Å². The number of phosphoric acid groups is 1. The summed E-state index contributed by atoms with van der Waals surface area (Å²) in [5.74, 6) is 0.282. The fraction of sp³-hybridized carbons (Fsp3) is 1.00. The number of hydrogen-bond donors (Lipinski definition) is 5. The smallest absolute Gasteiger partial charge is 0.324 e. The molecule has 0 heterocycles. The van der Waals surface area contributed by atoms with Crippen molar-refractivity contribution in [1.29, 1.82) is 0 Å². The van der Waals surface area contributed by atoms with Gasteiger partial charge < -0.3 is 24.5 Å². The van der Waals surface area contributed by atoms with E-state index >= 15 is 0 Å². The van der Waals surface area contributed by atoms with Crippen LogP contribution in [-0.4, -0.2) is 30.6 Å². The highest BCUT2D eigenvalue weighted by Crippen LogP contribution is 2.40. The van der Waals surface area contributed by atoms with Gasteiger partial charge in [-0.2, -0.15) is 0 Å². The zero-order valence-corrected chi connectivity index (χ0v) is 10.6. The Morgan fingerprint density at radius 2 is 1.25 bits per heavy atom. The lowest BCUT2D eigenvalue weighted by Crippen LogP contribution is -2.10. The summed E-state index contributed by atoms with van der Waals surface area (Å²) in [6.07, 6.45) is 5.64. The van der Waals surface area contributed by atoms with Crippen LogP contribution in [0.1, 0.15) is 32.1 Å². The molecule has 9 heteroatoms. The lowest BCUT2D eigenvalue weighted by Gasteiger charge is -2.21. The fourth-order valence-corrected chi connectivity index (χ4v) is 2.74. The molecule has 0 aromatic carbocycles. The van der Waals surface area contributed by atoms with E-state index in [-0.39, 0.29) is 12.1 Å². The molecule has 0 saturated heterocycles. The normalized spacial score (nSPS) is 18.8. The topological polar surface area (TPSA) is 135 Å². The molecular weight excluding hydrogens is 258 g/mol. The second-order valence-corrected chi connectivity index (χ2v) is 6.59. The van der Waals surface area contributed by atoms with Crippen molar-refractivity contribution >= 4 is 15.4 Å². The Balaban J connectivity index is 0.000000385. The number of rotatable bonds is 2. The molecule has 1 fully saturated rings. The molecule has 0 atom stereocenters. The van der Waals surface area contributed by atoms with Crippen LogP contribution < -0.4 is 0 Å². The molecule has 16 heavy (non-hydrogen) atoms. The van der Waals surface area contributed by atoms with E-state index in [0.29, 0.717) is 0 Å². The zero-order chi connectivity index (χ0) is 12.8. The van der Waals surface area contributed by atoms with Crippen LogP contribution in [0.5, 0.6) is 0 Å². The van der Waals surface area contributed by atoms with Gasteiger partial charge in [0, 0.05) is 0 Å². The van der Waals surface area contributed by atoms with Gasteiger partial charge in [0.25, 0.3) is 0 Å². The standard InChI is InChI=1S/C7H15O3P.H3O4P/c8-11(9,10)6-7-4-2-1-3-5-7;1-5(2,3)4/h7H,1-6H2,(H2,8,9,10);(H3,1,2,3,4). The summed E-state index contributed by atoms with van der Waals surface area (Å²) in [7, 11) is -8.37. The van der Waals surface area contributed by atoms with E-state index < -0.39 is 15.4 Å². The summed E-state index contributed by atoms with van der Waals surface area (Å²) in [4.78, 5) is 38.9. The third-order valence-electron chi connectivity index (χ3n) is 2.22. The van der Waals surface area contributed by atoms with Crippen LogP contribution in [0.25, 0.3) is 0 Å². The molecule has 0 spiro atoms. The van der Waals surface area contributed by atoms with Crippen molar-refractivity contribution in [3.05, 3.63) is 0 Å². The Kier molecular flexibility index (Phi) is 6.98. The van der Waals surface area contributed by atoms with Gasteiger partial charge in [-0.25, -0.2) is 4.57 Å². The highest BCUT2D eigenvalue weighted by atomic mass is 31.2. The first-order valence-electron chi connectivity index (χ1n) is 4.91. The summed E-state index contributed by atoms with van der Waals surface area (Å²) in [5.41, 5.74) is 0. The van der Waals surface area contributed by atoms with Crippen molar-refractivity contribution in [2.24, 2.45) is 5.92 Å². The summed E-state index contributed by atoms with van der Waals surface area (Å²) >= 11 is 0. The van der Waals surface area contributed by atoms with Gasteiger partial charge in [0.15, 0.2) is 0 Å². The summed E-state index contributed by atoms with van der Waals surface area (Å²) < 4.78 is 19.5. The first kappa shape index (κ1) is 16.3. The highest BCUT2D eigenvalue weighted by Gasteiger charge is 2.22. The molecule has 0 unspecified atom stereocenters.